The molecule has 1 aliphatic rings. The zero-order valence-corrected chi connectivity index (χ0v) is 12.5. The lowest BCUT2D eigenvalue weighted by Crippen LogP contribution is -2.15. The molecule has 1 unspecified atom stereocenters. The summed E-state index contributed by atoms with van der Waals surface area (Å²) >= 11 is 0. The Labute approximate surface area is 130 Å². The third kappa shape index (κ3) is 2.06. The van der Waals surface area contributed by atoms with Gasteiger partial charge in [0.2, 0.25) is 0 Å². The number of fused-ring (bicyclic) bond motifs is 1. The van der Waals surface area contributed by atoms with Gasteiger partial charge in [-0.05, 0) is 18.1 Å². The van der Waals surface area contributed by atoms with Gasteiger partial charge < -0.3 is 0 Å². The Bertz CT molecular complexity index is 817. The molecule has 3 nitrogen and oxygen atoms in total. The molecule has 1 aromatic heterocycles. The fraction of sp³-hybridized carbons (Fsp3) is 0.158. The molecule has 1 aliphatic heterocycles. The zero-order chi connectivity index (χ0) is 14.9. The number of hydrogen-bond acceptors (Lipinski definition) is 2. The first kappa shape index (κ1) is 13.0. The Hall–Kier alpha value is -2.68. The van der Waals surface area contributed by atoms with Crippen molar-refractivity contribution in [3.05, 3.63) is 71.9 Å². The molecular weight excluding hydrogens is 270 g/mol. The van der Waals surface area contributed by atoms with E-state index < -0.39 is 0 Å². The maximum absolute atomic E-state index is 4.79. The van der Waals surface area contributed by atoms with Crippen LogP contribution in [0.15, 0.2) is 65.7 Å². The van der Waals surface area contributed by atoms with Crippen LogP contribution in [-0.4, -0.2) is 16.0 Å². The molecule has 0 N–H and O–H groups in total. The summed E-state index contributed by atoms with van der Waals surface area (Å²) in [6.45, 7) is 2.06. The summed E-state index contributed by atoms with van der Waals surface area (Å²) in [6, 6.07) is 21.1. The van der Waals surface area contributed by atoms with Crippen LogP contribution < -0.4 is 0 Å². The highest BCUT2D eigenvalue weighted by Crippen LogP contribution is 2.39. The van der Waals surface area contributed by atoms with Gasteiger partial charge in [-0.15, -0.1) is 0 Å². The molecule has 0 saturated carbocycles. The number of aliphatic imine (C=N–C) groups is 1. The molecule has 0 saturated heterocycles. The van der Waals surface area contributed by atoms with Crippen LogP contribution in [0.3, 0.4) is 0 Å². The van der Waals surface area contributed by atoms with E-state index >= 15 is 0 Å². The monoisotopic (exact) mass is 287 g/mol. The molecule has 0 spiro atoms. The molecule has 4 rings (SSSR count). The van der Waals surface area contributed by atoms with Crippen LogP contribution >= 0.6 is 0 Å². The summed E-state index contributed by atoms with van der Waals surface area (Å²) in [7, 11) is 0. The van der Waals surface area contributed by atoms with E-state index in [1.165, 1.54) is 11.1 Å². The van der Waals surface area contributed by atoms with Crippen molar-refractivity contribution in [1.29, 1.82) is 0 Å². The van der Waals surface area contributed by atoms with Crippen LogP contribution in [0.1, 0.15) is 23.7 Å². The molecular formula is C19H17N3. The van der Waals surface area contributed by atoms with Crippen LogP contribution in [0.25, 0.3) is 11.1 Å². The predicted octanol–water partition coefficient (Wildman–Crippen LogP) is 4.55. The highest BCUT2D eigenvalue weighted by molar-refractivity contribution is 5.80. The van der Waals surface area contributed by atoms with Gasteiger partial charge in [0.05, 0.1) is 11.7 Å². The van der Waals surface area contributed by atoms with Crippen LogP contribution in [0, 0.1) is 6.92 Å². The number of aryl methyl sites for hydroxylation is 1. The molecule has 2 aromatic carbocycles. The van der Waals surface area contributed by atoms with Crippen molar-refractivity contribution in [3.8, 4) is 11.1 Å². The van der Waals surface area contributed by atoms with Crippen LogP contribution in [0.5, 0.6) is 0 Å². The van der Waals surface area contributed by atoms with Gasteiger partial charge in [0.15, 0.2) is 5.82 Å². The minimum Gasteiger partial charge on any atom is -0.241 e. The summed E-state index contributed by atoms with van der Waals surface area (Å²) in [6.07, 6.45) is 2.90. The van der Waals surface area contributed by atoms with Crippen molar-refractivity contribution in [1.82, 2.24) is 9.78 Å². The van der Waals surface area contributed by atoms with Crippen molar-refractivity contribution in [2.45, 2.75) is 19.4 Å². The van der Waals surface area contributed by atoms with E-state index in [2.05, 4.69) is 65.1 Å². The maximum atomic E-state index is 4.79. The van der Waals surface area contributed by atoms with E-state index in [1.807, 2.05) is 18.3 Å². The van der Waals surface area contributed by atoms with E-state index in [9.17, 15) is 0 Å². The first-order valence-corrected chi connectivity index (χ1v) is 7.56. The highest BCUT2D eigenvalue weighted by Gasteiger charge is 2.25. The Morgan fingerprint density at radius 1 is 0.955 bits per heavy atom. The Balaban J connectivity index is 1.87. The number of hydrogen-bond donors (Lipinski definition) is 0. The van der Waals surface area contributed by atoms with Crippen molar-refractivity contribution in [2.24, 2.45) is 4.99 Å². The van der Waals surface area contributed by atoms with E-state index in [4.69, 9.17) is 5.10 Å². The van der Waals surface area contributed by atoms with E-state index in [0.717, 1.165) is 23.5 Å². The standard InChI is InChI=1S/C19H17N3/c1-14-18(16-10-6-3-7-11-16)19-20-13-12-17(22(19)21-14)15-8-4-2-5-9-15/h2-11,13,17H,12H2,1H3. The minimum atomic E-state index is 0.227. The summed E-state index contributed by atoms with van der Waals surface area (Å²) < 4.78 is 2.08. The number of aromatic nitrogens is 2. The van der Waals surface area contributed by atoms with E-state index in [1.54, 1.807) is 0 Å². The molecule has 0 aliphatic carbocycles. The predicted molar refractivity (Wildman–Crippen MR) is 89.8 cm³/mol. The normalized spacial score (nSPS) is 16.5. The lowest BCUT2D eigenvalue weighted by molar-refractivity contribution is 0.533. The third-order valence-corrected chi connectivity index (χ3v) is 4.14. The SMILES string of the molecule is Cc1nn2c(c1-c1ccccc1)N=CCC2c1ccccc1. The molecule has 2 heterocycles. The fourth-order valence-corrected chi connectivity index (χ4v) is 3.11. The quantitative estimate of drug-likeness (QED) is 0.680. The number of rotatable bonds is 2. The zero-order valence-electron chi connectivity index (χ0n) is 12.5. The molecule has 108 valence electrons. The number of benzene rings is 2. The molecule has 0 radical (unpaired) electrons. The second kappa shape index (κ2) is 5.26. The van der Waals surface area contributed by atoms with Gasteiger partial charge in [-0.1, -0.05) is 60.7 Å². The Morgan fingerprint density at radius 2 is 1.64 bits per heavy atom. The van der Waals surface area contributed by atoms with Gasteiger partial charge in [-0.2, -0.15) is 5.10 Å². The summed E-state index contributed by atoms with van der Waals surface area (Å²) in [5, 5.41) is 4.79. The fourth-order valence-electron chi connectivity index (χ4n) is 3.11. The van der Waals surface area contributed by atoms with Crippen molar-refractivity contribution in [2.75, 3.05) is 0 Å². The van der Waals surface area contributed by atoms with Crippen LogP contribution in [-0.2, 0) is 0 Å². The average Bonchev–Trinajstić information content (AvgIpc) is 2.92. The minimum absolute atomic E-state index is 0.227. The van der Waals surface area contributed by atoms with Crippen molar-refractivity contribution in [3.63, 3.8) is 0 Å². The lowest BCUT2D eigenvalue weighted by atomic mass is 10.0. The van der Waals surface area contributed by atoms with Crippen molar-refractivity contribution >= 4 is 12.0 Å². The molecule has 22 heavy (non-hydrogen) atoms. The third-order valence-electron chi connectivity index (χ3n) is 4.14. The van der Waals surface area contributed by atoms with Gasteiger partial charge in [0.25, 0.3) is 0 Å². The Kier molecular flexibility index (Phi) is 3.11. The first-order valence-electron chi connectivity index (χ1n) is 7.56. The van der Waals surface area contributed by atoms with Gasteiger partial charge in [-0.3, -0.25) is 0 Å². The summed E-state index contributed by atoms with van der Waals surface area (Å²) in [5.74, 6) is 0.962. The van der Waals surface area contributed by atoms with Gasteiger partial charge >= 0.3 is 0 Å². The van der Waals surface area contributed by atoms with Crippen LogP contribution in [0.4, 0.5) is 5.82 Å². The molecule has 3 heteroatoms. The second-order valence-electron chi connectivity index (χ2n) is 5.57. The van der Waals surface area contributed by atoms with Gasteiger partial charge in [0, 0.05) is 18.2 Å². The maximum Gasteiger partial charge on any atom is 0.158 e. The molecule has 1 atom stereocenters. The average molecular weight is 287 g/mol. The van der Waals surface area contributed by atoms with Crippen molar-refractivity contribution < 1.29 is 0 Å². The number of nitrogens with zero attached hydrogens (tertiary/aromatic N) is 3. The first-order chi connectivity index (χ1) is 10.8. The largest absolute Gasteiger partial charge is 0.241 e. The van der Waals surface area contributed by atoms with Gasteiger partial charge in [0.1, 0.15) is 0 Å². The second-order valence-corrected chi connectivity index (χ2v) is 5.57. The van der Waals surface area contributed by atoms with Gasteiger partial charge in [-0.25, -0.2) is 9.67 Å². The Morgan fingerprint density at radius 3 is 2.36 bits per heavy atom. The highest BCUT2D eigenvalue weighted by atomic mass is 15.3. The topological polar surface area (TPSA) is 30.2 Å². The lowest BCUT2D eigenvalue weighted by Gasteiger charge is -2.21. The van der Waals surface area contributed by atoms with Crippen LogP contribution in [0.2, 0.25) is 0 Å². The summed E-state index contributed by atoms with van der Waals surface area (Å²) in [5.41, 5.74) is 4.61. The molecule has 3 aromatic rings. The van der Waals surface area contributed by atoms with E-state index in [0.29, 0.717) is 0 Å². The van der Waals surface area contributed by atoms with E-state index in [-0.39, 0.29) is 6.04 Å². The smallest absolute Gasteiger partial charge is 0.158 e. The molecule has 0 amide bonds. The summed E-state index contributed by atoms with van der Waals surface area (Å²) in [4.78, 5) is 4.64. The molecule has 0 bridgehead atoms. The molecule has 0 fully saturated rings.